The number of rotatable bonds is 8. The lowest BCUT2D eigenvalue weighted by Gasteiger charge is -2.11. The van der Waals surface area contributed by atoms with Crippen molar-refractivity contribution in [3.63, 3.8) is 0 Å². The molecule has 2 aromatic rings. The number of furan rings is 1. The van der Waals surface area contributed by atoms with Crippen LogP contribution in [0.15, 0.2) is 40.8 Å². The van der Waals surface area contributed by atoms with Gasteiger partial charge in [-0.3, -0.25) is 4.79 Å². The second-order valence-electron chi connectivity index (χ2n) is 5.77. The third-order valence-electron chi connectivity index (χ3n) is 3.62. The van der Waals surface area contributed by atoms with Gasteiger partial charge in [-0.25, -0.2) is 0 Å². The van der Waals surface area contributed by atoms with E-state index < -0.39 is 0 Å². The maximum absolute atomic E-state index is 12.1. The Balaban J connectivity index is 1.99. The molecule has 0 bridgehead atoms. The maximum atomic E-state index is 12.1. The molecule has 0 saturated carbocycles. The van der Waals surface area contributed by atoms with E-state index in [2.05, 4.69) is 5.32 Å². The molecule has 134 valence electrons. The van der Waals surface area contributed by atoms with Crippen LogP contribution in [-0.2, 0) is 4.79 Å². The number of carbonyl (C=O) groups is 1. The van der Waals surface area contributed by atoms with Crippen molar-refractivity contribution in [2.75, 3.05) is 13.7 Å². The zero-order chi connectivity index (χ0) is 18.2. The number of benzene rings is 1. The van der Waals surface area contributed by atoms with E-state index >= 15 is 0 Å². The lowest BCUT2D eigenvalue weighted by Crippen LogP contribution is -2.24. The second kappa shape index (κ2) is 8.97. The molecule has 0 radical (unpaired) electrons. The molecule has 1 atom stereocenters. The molecule has 1 N–H and O–H groups in total. The van der Waals surface area contributed by atoms with Gasteiger partial charge in [0.05, 0.1) is 19.8 Å². The Hall–Kier alpha value is -2.69. The smallest absolute Gasteiger partial charge is 0.244 e. The van der Waals surface area contributed by atoms with E-state index in [1.165, 1.54) is 6.08 Å². The Morgan fingerprint density at radius 2 is 2.08 bits per heavy atom. The Morgan fingerprint density at radius 3 is 2.72 bits per heavy atom. The van der Waals surface area contributed by atoms with Crippen molar-refractivity contribution >= 4 is 12.0 Å². The van der Waals surface area contributed by atoms with Crippen LogP contribution in [0.4, 0.5) is 0 Å². The highest BCUT2D eigenvalue weighted by atomic mass is 16.5. The van der Waals surface area contributed by atoms with E-state index in [9.17, 15) is 4.79 Å². The Labute approximate surface area is 148 Å². The van der Waals surface area contributed by atoms with Gasteiger partial charge in [-0.05, 0) is 56.2 Å². The van der Waals surface area contributed by atoms with Crippen LogP contribution in [0, 0.1) is 6.92 Å². The molecule has 25 heavy (non-hydrogen) atoms. The molecule has 1 amide bonds. The molecule has 0 aliphatic carbocycles. The first-order chi connectivity index (χ1) is 12.0. The second-order valence-corrected chi connectivity index (χ2v) is 5.77. The van der Waals surface area contributed by atoms with Crippen molar-refractivity contribution in [3.8, 4) is 11.5 Å². The van der Waals surface area contributed by atoms with Gasteiger partial charge < -0.3 is 19.2 Å². The summed E-state index contributed by atoms with van der Waals surface area (Å²) >= 11 is 0. The lowest BCUT2D eigenvalue weighted by atomic mass is 10.2. The van der Waals surface area contributed by atoms with Gasteiger partial charge in [0.2, 0.25) is 5.91 Å². The molecular weight excluding hydrogens is 318 g/mol. The molecular formula is C20H25NO4. The number of hydrogen-bond acceptors (Lipinski definition) is 4. The topological polar surface area (TPSA) is 60.7 Å². The van der Waals surface area contributed by atoms with Crippen LogP contribution < -0.4 is 14.8 Å². The van der Waals surface area contributed by atoms with Crippen LogP contribution in [0.5, 0.6) is 11.5 Å². The number of amides is 1. The van der Waals surface area contributed by atoms with Gasteiger partial charge in [0, 0.05) is 6.08 Å². The van der Waals surface area contributed by atoms with E-state index in [4.69, 9.17) is 13.9 Å². The summed E-state index contributed by atoms with van der Waals surface area (Å²) in [6, 6.07) is 9.13. The SMILES string of the molecule is CCCOc1ccc(/C=C/C(=O)NC(C)c2ccc(C)o2)cc1OC. The molecule has 0 aliphatic heterocycles. The fourth-order valence-corrected chi connectivity index (χ4v) is 2.31. The van der Waals surface area contributed by atoms with Crippen LogP contribution in [0.3, 0.4) is 0 Å². The highest BCUT2D eigenvalue weighted by Gasteiger charge is 2.11. The van der Waals surface area contributed by atoms with Crippen molar-refractivity contribution in [2.24, 2.45) is 0 Å². The van der Waals surface area contributed by atoms with Gasteiger partial charge in [-0.2, -0.15) is 0 Å². The molecule has 1 aromatic heterocycles. The minimum atomic E-state index is -0.190. The normalized spacial score (nSPS) is 12.2. The Morgan fingerprint density at radius 1 is 1.28 bits per heavy atom. The third-order valence-corrected chi connectivity index (χ3v) is 3.62. The first kappa shape index (κ1) is 18.6. The Kier molecular flexibility index (Phi) is 6.69. The first-order valence-corrected chi connectivity index (χ1v) is 8.39. The van der Waals surface area contributed by atoms with Gasteiger partial charge in [0.1, 0.15) is 11.5 Å². The largest absolute Gasteiger partial charge is 0.493 e. The number of methoxy groups -OCH3 is 1. The van der Waals surface area contributed by atoms with E-state index in [1.54, 1.807) is 13.2 Å². The van der Waals surface area contributed by atoms with E-state index in [0.29, 0.717) is 18.1 Å². The first-order valence-electron chi connectivity index (χ1n) is 8.39. The van der Waals surface area contributed by atoms with Crippen molar-refractivity contribution in [1.29, 1.82) is 0 Å². The average molecular weight is 343 g/mol. The molecule has 5 heteroatoms. The molecule has 0 fully saturated rings. The molecule has 2 rings (SSSR count). The number of carbonyl (C=O) groups excluding carboxylic acids is 1. The fourth-order valence-electron chi connectivity index (χ4n) is 2.31. The average Bonchev–Trinajstić information content (AvgIpc) is 3.05. The number of nitrogens with one attached hydrogen (secondary N) is 1. The minimum Gasteiger partial charge on any atom is -0.493 e. The Bertz CT molecular complexity index is 733. The van der Waals surface area contributed by atoms with Gasteiger partial charge >= 0.3 is 0 Å². The van der Waals surface area contributed by atoms with Crippen molar-refractivity contribution in [2.45, 2.75) is 33.2 Å². The maximum Gasteiger partial charge on any atom is 0.244 e. The number of aryl methyl sites for hydroxylation is 1. The van der Waals surface area contributed by atoms with Crippen LogP contribution >= 0.6 is 0 Å². The summed E-state index contributed by atoms with van der Waals surface area (Å²) in [4.78, 5) is 12.1. The van der Waals surface area contributed by atoms with Crippen LogP contribution in [0.1, 0.15) is 43.4 Å². The third kappa shape index (κ3) is 5.41. The summed E-state index contributed by atoms with van der Waals surface area (Å²) in [5.74, 6) is 2.72. The van der Waals surface area contributed by atoms with Crippen LogP contribution in [0.2, 0.25) is 0 Å². The summed E-state index contributed by atoms with van der Waals surface area (Å²) < 4.78 is 16.5. The molecule has 5 nitrogen and oxygen atoms in total. The summed E-state index contributed by atoms with van der Waals surface area (Å²) in [7, 11) is 1.60. The van der Waals surface area contributed by atoms with Crippen molar-refractivity contribution in [3.05, 3.63) is 53.5 Å². The van der Waals surface area contributed by atoms with Crippen molar-refractivity contribution in [1.82, 2.24) is 5.32 Å². The van der Waals surface area contributed by atoms with Gasteiger partial charge in [0.25, 0.3) is 0 Å². The molecule has 1 unspecified atom stereocenters. The van der Waals surface area contributed by atoms with Gasteiger partial charge in [-0.1, -0.05) is 13.0 Å². The lowest BCUT2D eigenvalue weighted by molar-refractivity contribution is -0.117. The summed E-state index contributed by atoms with van der Waals surface area (Å²) in [5, 5.41) is 2.87. The van der Waals surface area contributed by atoms with E-state index in [1.807, 2.05) is 51.1 Å². The summed E-state index contributed by atoms with van der Waals surface area (Å²) in [6.07, 6.45) is 4.16. The molecule has 0 saturated heterocycles. The molecule has 1 aromatic carbocycles. The minimum absolute atomic E-state index is 0.188. The zero-order valence-corrected chi connectivity index (χ0v) is 15.2. The predicted molar refractivity (Wildman–Crippen MR) is 97.8 cm³/mol. The standard InChI is InChI=1S/C20H25NO4/c1-5-12-24-18-10-7-16(13-19(18)23-4)8-11-20(22)21-15(3)17-9-6-14(2)25-17/h6-11,13,15H,5,12H2,1-4H3,(H,21,22)/b11-8+. The van der Waals surface area contributed by atoms with Crippen LogP contribution in [0.25, 0.3) is 6.08 Å². The highest BCUT2D eigenvalue weighted by Crippen LogP contribution is 2.28. The van der Waals surface area contributed by atoms with Gasteiger partial charge in [0.15, 0.2) is 11.5 Å². The monoisotopic (exact) mass is 343 g/mol. The summed E-state index contributed by atoms with van der Waals surface area (Å²) in [5.41, 5.74) is 0.859. The quantitative estimate of drug-likeness (QED) is 0.727. The molecule has 1 heterocycles. The summed E-state index contributed by atoms with van der Waals surface area (Å²) in [6.45, 7) is 6.44. The number of ether oxygens (including phenoxy) is 2. The highest BCUT2D eigenvalue weighted by molar-refractivity contribution is 5.92. The molecule has 0 spiro atoms. The molecule has 0 aliphatic rings. The predicted octanol–water partition coefficient (Wildman–Crippen LogP) is 4.28. The zero-order valence-electron chi connectivity index (χ0n) is 15.2. The van der Waals surface area contributed by atoms with Gasteiger partial charge in [-0.15, -0.1) is 0 Å². The van der Waals surface area contributed by atoms with Crippen molar-refractivity contribution < 1.29 is 18.7 Å². The fraction of sp³-hybridized carbons (Fsp3) is 0.350. The van der Waals surface area contributed by atoms with E-state index in [-0.39, 0.29) is 11.9 Å². The number of hydrogen-bond donors (Lipinski definition) is 1. The van der Waals surface area contributed by atoms with E-state index in [0.717, 1.165) is 23.5 Å². The van der Waals surface area contributed by atoms with Crippen LogP contribution in [-0.4, -0.2) is 19.6 Å².